The maximum absolute atomic E-state index is 13.1. The Kier molecular flexibility index (Phi) is 5.73. The van der Waals surface area contributed by atoms with Gasteiger partial charge in [0, 0.05) is 23.5 Å². The van der Waals surface area contributed by atoms with E-state index in [1.165, 1.54) is 18.7 Å². The summed E-state index contributed by atoms with van der Waals surface area (Å²) in [5, 5.41) is 9.40. The standard InChI is InChI=1S/C19H10F6N4O2/c20-18(21,22)12-1-10(2-13(3-12)19(23,24)25)16-8-26-7-14(29-16)4-15(17(30)31)11-5-27-9-28-6-11/h1-9H,(H,30,31)/b15-4+. The summed E-state index contributed by atoms with van der Waals surface area (Å²) >= 11 is 0. The lowest BCUT2D eigenvalue weighted by Gasteiger charge is -2.14. The molecule has 0 fully saturated rings. The average Bonchev–Trinajstić information content (AvgIpc) is 2.71. The summed E-state index contributed by atoms with van der Waals surface area (Å²) in [6.45, 7) is 0. The van der Waals surface area contributed by atoms with Crippen LogP contribution in [0.15, 0.2) is 49.3 Å². The molecule has 0 spiro atoms. The molecule has 3 aromatic rings. The van der Waals surface area contributed by atoms with E-state index < -0.39 is 35.0 Å². The summed E-state index contributed by atoms with van der Waals surface area (Å²) in [4.78, 5) is 26.7. The molecule has 1 N–H and O–H groups in total. The minimum absolute atomic E-state index is 0.00137. The second kappa shape index (κ2) is 8.13. The van der Waals surface area contributed by atoms with Crippen molar-refractivity contribution >= 4 is 17.6 Å². The highest BCUT2D eigenvalue weighted by Crippen LogP contribution is 2.38. The van der Waals surface area contributed by atoms with Crippen LogP contribution < -0.4 is 0 Å². The highest BCUT2D eigenvalue weighted by molar-refractivity contribution is 6.20. The SMILES string of the molecule is O=C(O)/C(=C/c1cncc(-c2cc(C(F)(F)F)cc(C(F)(F)F)c2)n1)c1cncnc1. The quantitative estimate of drug-likeness (QED) is 0.471. The molecule has 6 nitrogen and oxygen atoms in total. The molecule has 0 aliphatic heterocycles. The molecule has 31 heavy (non-hydrogen) atoms. The van der Waals surface area contributed by atoms with Crippen molar-refractivity contribution < 1.29 is 36.2 Å². The Morgan fingerprint density at radius 3 is 1.94 bits per heavy atom. The normalized spacial score (nSPS) is 12.6. The molecule has 160 valence electrons. The molecule has 0 atom stereocenters. The number of carboxylic acids is 1. The summed E-state index contributed by atoms with van der Waals surface area (Å²) < 4.78 is 78.5. The van der Waals surface area contributed by atoms with Crippen LogP contribution in [0.3, 0.4) is 0 Å². The average molecular weight is 440 g/mol. The highest BCUT2D eigenvalue weighted by atomic mass is 19.4. The molecule has 2 heterocycles. The molecule has 1 aromatic carbocycles. The Labute approximate surface area is 170 Å². The molecule has 12 heteroatoms. The molecular formula is C19H10F6N4O2. The number of hydrogen-bond donors (Lipinski definition) is 1. The molecule has 0 amide bonds. The first-order valence-electron chi connectivity index (χ1n) is 8.27. The Balaban J connectivity index is 2.12. The Morgan fingerprint density at radius 1 is 0.839 bits per heavy atom. The third-order valence-electron chi connectivity index (χ3n) is 3.93. The minimum Gasteiger partial charge on any atom is -0.478 e. The van der Waals surface area contributed by atoms with Gasteiger partial charge in [0.15, 0.2) is 0 Å². The summed E-state index contributed by atoms with van der Waals surface area (Å²) in [6.07, 6.45) is -3.31. The molecular weight excluding hydrogens is 430 g/mol. The number of carboxylic acid groups (broad SMARTS) is 1. The van der Waals surface area contributed by atoms with E-state index in [4.69, 9.17) is 0 Å². The number of hydrogen-bond acceptors (Lipinski definition) is 5. The number of alkyl halides is 6. The van der Waals surface area contributed by atoms with Crippen LogP contribution in [0, 0.1) is 0 Å². The van der Waals surface area contributed by atoms with Crippen LogP contribution in [0.1, 0.15) is 22.4 Å². The van der Waals surface area contributed by atoms with Gasteiger partial charge in [-0.2, -0.15) is 26.3 Å². The molecule has 0 aliphatic carbocycles. The topological polar surface area (TPSA) is 88.9 Å². The Morgan fingerprint density at radius 2 is 1.42 bits per heavy atom. The van der Waals surface area contributed by atoms with E-state index in [2.05, 4.69) is 19.9 Å². The number of carbonyl (C=O) groups is 1. The molecule has 0 unspecified atom stereocenters. The third-order valence-corrected chi connectivity index (χ3v) is 3.93. The summed E-state index contributed by atoms with van der Waals surface area (Å²) in [5.41, 5.74) is -4.10. The second-order valence-corrected chi connectivity index (χ2v) is 6.11. The fraction of sp³-hybridized carbons (Fsp3) is 0.105. The maximum atomic E-state index is 13.1. The van der Waals surface area contributed by atoms with Crippen molar-refractivity contribution in [3.8, 4) is 11.3 Å². The summed E-state index contributed by atoms with van der Waals surface area (Å²) in [6, 6.07) is 1.02. The Hall–Kier alpha value is -3.83. The van der Waals surface area contributed by atoms with Gasteiger partial charge >= 0.3 is 18.3 Å². The minimum atomic E-state index is -5.02. The fourth-order valence-corrected chi connectivity index (χ4v) is 2.55. The number of nitrogens with zero attached hydrogens (tertiary/aromatic N) is 4. The number of benzene rings is 1. The monoisotopic (exact) mass is 440 g/mol. The third kappa shape index (κ3) is 5.21. The number of halogens is 6. The first-order chi connectivity index (χ1) is 14.4. The van der Waals surface area contributed by atoms with Gasteiger partial charge in [-0.05, 0) is 24.3 Å². The van der Waals surface area contributed by atoms with Crippen molar-refractivity contribution in [3.63, 3.8) is 0 Å². The van der Waals surface area contributed by atoms with Gasteiger partial charge in [0.1, 0.15) is 6.33 Å². The van der Waals surface area contributed by atoms with Gasteiger partial charge < -0.3 is 5.11 Å². The molecule has 0 saturated carbocycles. The van der Waals surface area contributed by atoms with E-state index in [1.54, 1.807) is 0 Å². The maximum Gasteiger partial charge on any atom is 0.416 e. The van der Waals surface area contributed by atoms with E-state index >= 15 is 0 Å². The van der Waals surface area contributed by atoms with Crippen LogP contribution in [0.5, 0.6) is 0 Å². The van der Waals surface area contributed by atoms with E-state index in [0.717, 1.165) is 18.5 Å². The van der Waals surface area contributed by atoms with Crippen LogP contribution in [0.25, 0.3) is 22.9 Å². The first kappa shape index (κ1) is 21.9. The van der Waals surface area contributed by atoms with Gasteiger partial charge in [-0.1, -0.05) is 0 Å². The lowest BCUT2D eigenvalue weighted by Crippen LogP contribution is -2.11. The van der Waals surface area contributed by atoms with E-state index in [1.807, 2.05) is 0 Å². The van der Waals surface area contributed by atoms with E-state index in [-0.39, 0.29) is 28.6 Å². The van der Waals surface area contributed by atoms with Crippen LogP contribution in [0.4, 0.5) is 26.3 Å². The van der Waals surface area contributed by atoms with Gasteiger partial charge in [-0.25, -0.2) is 19.7 Å². The molecule has 0 radical (unpaired) electrons. The van der Waals surface area contributed by atoms with Gasteiger partial charge in [0.05, 0.1) is 40.5 Å². The smallest absolute Gasteiger partial charge is 0.416 e. The zero-order chi connectivity index (χ0) is 22.8. The largest absolute Gasteiger partial charge is 0.478 e. The lowest BCUT2D eigenvalue weighted by atomic mass is 10.0. The van der Waals surface area contributed by atoms with Gasteiger partial charge in [0.2, 0.25) is 0 Å². The fourth-order valence-electron chi connectivity index (χ4n) is 2.55. The second-order valence-electron chi connectivity index (χ2n) is 6.11. The van der Waals surface area contributed by atoms with Crippen molar-refractivity contribution in [1.29, 1.82) is 0 Å². The van der Waals surface area contributed by atoms with Crippen LogP contribution in [-0.4, -0.2) is 31.0 Å². The molecule has 0 bridgehead atoms. The van der Waals surface area contributed by atoms with Crippen LogP contribution in [0.2, 0.25) is 0 Å². The predicted octanol–water partition coefficient (Wildman–Crippen LogP) is 4.60. The lowest BCUT2D eigenvalue weighted by molar-refractivity contribution is -0.143. The van der Waals surface area contributed by atoms with E-state index in [9.17, 15) is 36.2 Å². The van der Waals surface area contributed by atoms with Crippen molar-refractivity contribution in [1.82, 2.24) is 19.9 Å². The zero-order valence-electron chi connectivity index (χ0n) is 15.1. The zero-order valence-corrected chi connectivity index (χ0v) is 15.1. The van der Waals surface area contributed by atoms with Crippen molar-refractivity contribution in [2.24, 2.45) is 0 Å². The first-order valence-corrected chi connectivity index (χ1v) is 8.27. The molecule has 3 rings (SSSR count). The van der Waals surface area contributed by atoms with E-state index in [0.29, 0.717) is 12.1 Å². The van der Waals surface area contributed by atoms with Crippen molar-refractivity contribution in [3.05, 3.63) is 71.7 Å². The van der Waals surface area contributed by atoms with Gasteiger partial charge in [-0.15, -0.1) is 0 Å². The summed E-state index contributed by atoms with van der Waals surface area (Å²) in [5.74, 6) is -1.37. The molecule has 2 aromatic heterocycles. The highest BCUT2D eigenvalue weighted by Gasteiger charge is 2.37. The van der Waals surface area contributed by atoms with Crippen molar-refractivity contribution in [2.75, 3.05) is 0 Å². The van der Waals surface area contributed by atoms with Crippen LogP contribution in [-0.2, 0) is 17.1 Å². The number of aromatic nitrogens is 4. The van der Waals surface area contributed by atoms with Gasteiger partial charge in [0.25, 0.3) is 0 Å². The van der Waals surface area contributed by atoms with Crippen LogP contribution >= 0.6 is 0 Å². The Bertz CT molecular complexity index is 1110. The number of aliphatic carboxylic acids is 1. The van der Waals surface area contributed by atoms with Gasteiger partial charge in [-0.3, -0.25) is 4.98 Å². The van der Waals surface area contributed by atoms with Crippen molar-refractivity contribution in [2.45, 2.75) is 12.4 Å². The summed E-state index contributed by atoms with van der Waals surface area (Å²) in [7, 11) is 0. The molecule has 0 aliphatic rings. The predicted molar refractivity (Wildman–Crippen MR) is 95.0 cm³/mol. The number of rotatable bonds is 4. The molecule has 0 saturated heterocycles.